The van der Waals surface area contributed by atoms with E-state index in [1.807, 2.05) is 116 Å². The Kier molecular flexibility index (Phi) is 20.3. The van der Waals surface area contributed by atoms with E-state index in [2.05, 4.69) is 10.1 Å². The number of pyridine rings is 1. The Labute approximate surface area is 255 Å². The second kappa shape index (κ2) is 19.8. The van der Waals surface area contributed by atoms with E-state index in [0.717, 1.165) is 16.7 Å². The van der Waals surface area contributed by atoms with E-state index in [4.69, 9.17) is 0 Å². The minimum Gasteiger partial charge on any atom is -0.318 e. The van der Waals surface area contributed by atoms with Crippen molar-refractivity contribution in [2.24, 2.45) is 21.1 Å². The van der Waals surface area contributed by atoms with Gasteiger partial charge in [0, 0.05) is 56.4 Å². The molecule has 0 aliphatic carbocycles. The molecule has 0 atom stereocenters. The molecule has 8 heteroatoms. The molecule has 8 nitrogen and oxygen atoms in total. The van der Waals surface area contributed by atoms with Crippen molar-refractivity contribution in [3.05, 3.63) is 90.9 Å². The van der Waals surface area contributed by atoms with Gasteiger partial charge in [-0.05, 0) is 28.4 Å². The second-order valence-electron chi connectivity index (χ2n) is 12.0. The average molecular weight is 588 g/mol. The Balaban J connectivity index is -0.000000497. The van der Waals surface area contributed by atoms with Gasteiger partial charge in [0.2, 0.25) is 0 Å². The summed E-state index contributed by atoms with van der Waals surface area (Å²) in [5, 5.41) is 3.86. The maximum absolute atomic E-state index is 11.6. The van der Waals surface area contributed by atoms with Crippen LogP contribution in [0.5, 0.6) is 0 Å². The quantitative estimate of drug-likeness (QED) is 0.285. The van der Waals surface area contributed by atoms with E-state index in [9.17, 15) is 14.4 Å². The van der Waals surface area contributed by atoms with Crippen molar-refractivity contribution in [2.75, 3.05) is 0 Å². The summed E-state index contributed by atoms with van der Waals surface area (Å²) in [7, 11) is 5.15. The molecule has 0 aliphatic rings. The fourth-order valence-electron chi connectivity index (χ4n) is 3.26. The molecule has 240 valence electrons. The summed E-state index contributed by atoms with van der Waals surface area (Å²) in [5.74, 6) is 0. The van der Waals surface area contributed by atoms with Gasteiger partial charge in [0.15, 0.2) is 0 Å². The molecule has 0 bridgehead atoms. The van der Waals surface area contributed by atoms with Gasteiger partial charge in [0.1, 0.15) is 0 Å². The monoisotopic (exact) mass is 587 g/mol. The third-order valence-electron chi connectivity index (χ3n) is 5.55. The molecule has 3 aromatic rings. The van der Waals surface area contributed by atoms with Crippen LogP contribution in [-0.2, 0) is 37.4 Å². The first kappa shape index (κ1) is 43.2. The van der Waals surface area contributed by atoms with Crippen LogP contribution >= 0.6 is 0 Å². The zero-order valence-corrected chi connectivity index (χ0v) is 30.0. The summed E-state index contributed by atoms with van der Waals surface area (Å²) in [6.07, 6.45) is 6.60. The lowest BCUT2D eigenvalue weighted by Crippen LogP contribution is -2.29. The highest BCUT2D eigenvalue weighted by molar-refractivity contribution is 5.19. The minimum absolute atomic E-state index is 0.00926. The van der Waals surface area contributed by atoms with Gasteiger partial charge in [-0.25, -0.2) is 9.67 Å². The fraction of sp³-hybridized carbons (Fsp3) is 0.618. The summed E-state index contributed by atoms with van der Waals surface area (Å²) < 4.78 is 4.47. The Morgan fingerprint density at radius 3 is 1.33 bits per heavy atom. The predicted molar refractivity (Wildman–Crippen MR) is 181 cm³/mol. The zero-order valence-electron chi connectivity index (χ0n) is 30.0. The molecular formula is C34H61N5O3. The van der Waals surface area contributed by atoms with Crippen molar-refractivity contribution >= 4 is 0 Å². The summed E-state index contributed by atoms with van der Waals surface area (Å²) in [5.41, 5.74) is 2.28. The maximum Gasteiger partial charge on any atom is 0.270 e. The number of rotatable bonds is 0. The molecule has 3 rings (SSSR count). The van der Waals surface area contributed by atoms with E-state index in [-0.39, 0.29) is 32.9 Å². The summed E-state index contributed by atoms with van der Waals surface area (Å²) in [6, 6.07) is 5.58. The fourth-order valence-corrected chi connectivity index (χ4v) is 3.26. The standard InChI is InChI=1S/C10H15NO.2C9H14N2O.3C2H6/c1-10(2,3)8-6-5-7-11(4)9(8)12;1-9(2,3)7-5-10-6-11(4)8(7)12;1-9(2,3)7-5-6-10-11(4)8(7)12;3*1-2/h5-7H,1-4H3;2*5-6H,1-4H3;3*1-2H3. The molecule has 3 heterocycles. The van der Waals surface area contributed by atoms with Crippen LogP contribution in [0.2, 0.25) is 0 Å². The molecule has 0 radical (unpaired) electrons. The lowest BCUT2D eigenvalue weighted by atomic mass is 9.88. The van der Waals surface area contributed by atoms with Crippen molar-refractivity contribution < 1.29 is 0 Å². The van der Waals surface area contributed by atoms with E-state index in [0.29, 0.717) is 0 Å². The zero-order chi connectivity index (χ0) is 34.1. The smallest absolute Gasteiger partial charge is 0.270 e. The topological polar surface area (TPSA) is 91.8 Å². The third kappa shape index (κ3) is 14.6. The summed E-state index contributed by atoms with van der Waals surface area (Å²) >= 11 is 0. The Hall–Kier alpha value is -3.29. The van der Waals surface area contributed by atoms with Crippen molar-refractivity contribution in [3.8, 4) is 0 Å². The van der Waals surface area contributed by atoms with Crippen LogP contribution in [0.3, 0.4) is 0 Å². The molecule has 0 saturated carbocycles. The van der Waals surface area contributed by atoms with Crippen LogP contribution in [-0.4, -0.2) is 23.9 Å². The molecule has 0 aromatic carbocycles. The minimum atomic E-state index is -0.122. The van der Waals surface area contributed by atoms with Crippen molar-refractivity contribution in [1.82, 2.24) is 23.9 Å². The van der Waals surface area contributed by atoms with Crippen LogP contribution in [0.4, 0.5) is 0 Å². The SMILES string of the molecule is CC.CC.CC.Cn1cccc(C(C)(C)C)c1=O.Cn1cncc(C(C)(C)C)c1=O.Cn1nccc(C(C)(C)C)c1=O. The van der Waals surface area contributed by atoms with Crippen molar-refractivity contribution in [2.45, 2.75) is 120 Å². The molecule has 0 unspecified atom stereocenters. The predicted octanol–water partition coefficient (Wildman–Crippen LogP) is 6.92. The first-order valence-corrected chi connectivity index (χ1v) is 15.0. The molecule has 0 N–H and O–H groups in total. The van der Waals surface area contributed by atoms with Gasteiger partial charge < -0.3 is 9.13 Å². The van der Waals surface area contributed by atoms with Crippen molar-refractivity contribution in [3.63, 3.8) is 0 Å². The molecule has 0 saturated heterocycles. The van der Waals surface area contributed by atoms with E-state index in [1.165, 1.54) is 15.6 Å². The van der Waals surface area contributed by atoms with Gasteiger partial charge in [0.05, 0.1) is 6.33 Å². The second-order valence-corrected chi connectivity index (χ2v) is 12.0. The average Bonchev–Trinajstić information content (AvgIpc) is 2.91. The van der Waals surface area contributed by atoms with Crippen LogP contribution in [0.1, 0.15) is 121 Å². The number of hydrogen-bond donors (Lipinski definition) is 0. The van der Waals surface area contributed by atoms with Crippen LogP contribution in [0.15, 0.2) is 57.5 Å². The van der Waals surface area contributed by atoms with Crippen LogP contribution in [0, 0.1) is 0 Å². The van der Waals surface area contributed by atoms with E-state index in [1.54, 1.807) is 50.4 Å². The maximum atomic E-state index is 11.6. The van der Waals surface area contributed by atoms with Gasteiger partial charge >= 0.3 is 0 Å². The van der Waals surface area contributed by atoms with Crippen LogP contribution in [0.25, 0.3) is 0 Å². The third-order valence-corrected chi connectivity index (χ3v) is 5.55. The van der Waals surface area contributed by atoms with Crippen LogP contribution < -0.4 is 16.7 Å². The number of aromatic nitrogens is 5. The lowest BCUT2D eigenvalue weighted by molar-refractivity contribution is 0.559. The normalized spacial score (nSPS) is 10.4. The molecule has 0 aliphatic heterocycles. The number of aryl methyl sites for hydroxylation is 3. The molecule has 0 amide bonds. The molecular weight excluding hydrogens is 526 g/mol. The largest absolute Gasteiger partial charge is 0.318 e. The van der Waals surface area contributed by atoms with Gasteiger partial charge in [-0.3, -0.25) is 14.4 Å². The van der Waals surface area contributed by atoms with E-state index >= 15 is 0 Å². The molecule has 0 fully saturated rings. The van der Waals surface area contributed by atoms with Gasteiger partial charge in [0.25, 0.3) is 16.7 Å². The van der Waals surface area contributed by atoms with Crippen molar-refractivity contribution in [1.29, 1.82) is 0 Å². The number of hydrogen-bond acceptors (Lipinski definition) is 5. The van der Waals surface area contributed by atoms with Gasteiger partial charge in [-0.1, -0.05) is 110 Å². The number of nitrogens with zero attached hydrogens (tertiary/aromatic N) is 5. The summed E-state index contributed by atoms with van der Waals surface area (Å²) in [4.78, 5) is 38.6. The molecule has 42 heavy (non-hydrogen) atoms. The first-order valence-electron chi connectivity index (χ1n) is 15.0. The Bertz CT molecular complexity index is 1160. The highest BCUT2D eigenvalue weighted by atomic mass is 16.1. The summed E-state index contributed by atoms with van der Waals surface area (Å²) in [6.45, 7) is 30.2. The lowest BCUT2D eigenvalue weighted by Gasteiger charge is -2.18. The first-order chi connectivity index (χ1) is 19.3. The molecule has 3 aromatic heterocycles. The Morgan fingerprint density at radius 1 is 0.571 bits per heavy atom. The highest BCUT2D eigenvalue weighted by Gasteiger charge is 2.19. The Morgan fingerprint density at radius 2 is 0.976 bits per heavy atom. The van der Waals surface area contributed by atoms with Gasteiger partial charge in [-0.15, -0.1) is 0 Å². The van der Waals surface area contributed by atoms with Gasteiger partial charge in [-0.2, -0.15) is 5.10 Å². The van der Waals surface area contributed by atoms with E-state index < -0.39 is 0 Å². The highest BCUT2D eigenvalue weighted by Crippen LogP contribution is 2.18. The molecule has 0 spiro atoms.